The Morgan fingerprint density at radius 1 is 1.31 bits per heavy atom. The van der Waals surface area contributed by atoms with Crippen molar-refractivity contribution in [1.82, 2.24) is 15.5 Å². The van der Waals surface area contributed by atoms with Gasteiger partial charge in [0.2, 0.25) is 11.8 Å². The maximum atomic E-state index is 12.1. The Kier molecular flexibility index (Phi) is 7.34. The Morgan fingerprint density at radius 2 is 2.04 bits per heavy atom. The molecule has 8 nitrogen and oxygen atoms in total. The van der Waals surface area contributed by atoms with Crippen LogP contribution in [0.5, 0.6) is 5.75 Å². The number of para-hydroxylation sites is 1. The summed E-state index contributed by atoms with van der Waals surface area (Å²) in [6.07, 6.45) is -0.170. The number of carbonyl (C=O) groups excluding carboxylic acids is 3. The second-order valence-corrected chi connectivity index (χ2v) is 5.96. The summed E-state index contributed by atoms with van der Waals surface area (Å²) < 4.78 is 10.6. The molecular weight excluding hydrogens is 358 g/mol. The highest BCUT2D eigenvalue weighted by Crippen LogP contribution is 2.11. The second-order valence-electron chi connectivity index (χ2n) is 5.57. The van der Waals surface area contributed by atoms with E-state index >= 15 is 0 Å². The normalized spacial score (nSPS) is 16.4. The van der Waals surface area contributed by atoms with Crippen LogP contribution in [0.1, 0.15) is 13.3 Å². The Bertz CT molecular complexity index is 668. The topological polar surface area (TPSA) is 97.0 Å². The number of nitrogens with one attached hydrogen (secondary N) is 2. The van der Waals surface area contributed by atoms with Crippen LogP contribution in [0, 0.1) is 0 Å². The molecule has 2 N–H and O–H groups in total. The lowest BCUT2D eigenvalue weighted by atomic mass is 10.1. The van der Waals surface area contributed by atoms with Crippen molar-refractivity contribution in [2.45, 2.75) is 19.4 Å². The van der Waals surface area contributed by atoms with Gasteiger partial charge in [0.25, 0.3) is 0 Å². The van der Waals surface area contributed by atoms with Gasteiger partial charge < -0.3 is 25.0 Å². The molecule has 1 saturated heterocycles. The number of esters is 1. The smallest absolute Gasteiger partial charge is 0.308 e. The molecule has 9 heteroatoms. The van der Waals surface area contributed by atoms with E-state index in [2.05, 4.69) is 10.6 Å². The number of amides is 2. The molecule has 140 valence electrons. The molecule has 26 heavy (non-hydrogen) atoms. The molecule has 2 rings (SSSR count). The van der Waals surface area contributed by atoms with E-state index in [0.29, 0.717) is 18.8 Å². The number of piperazine rings is 1. The van der Waals surface area contributed by atoms with Gasteiger partial charge >= 0.3 is 5.97 Å². The van der Waals surface area contributed by atoms with Crippen molar-refractivity contribution in [1.29, 1.82) is 0 Å². The van der Waals surface area contributed by atoms with Gasteiger partial charge in [-0.3, -0.25) is 14.4 Å². The lowest BCUT2D eigenvalue weighted by molar-refractivity contribution is -0.148. The number of rotatable bonds is 6. The molecule has 0 aliphatic carbocycles. The molecule has 1 aliphatic heterocycles. The van der Waals surface area contributed by atoms with Crippen LogP contribution < -0.4 is 15.4 Å². The summed E-state index contributed by atoms with van der Waals surface area (Å²) in [4.78, 5) is 36.8. The first kappa shape index (κ1) is 19.6. The molecule has 0 unspecified atom stereocenters. The van der Waals surface area contributed by atoms with E-state index in [-0.39, 0.29) is 36.6 Å². The summed E-state index contributed by atoms with van der Waals surface area (Å²) in [5.41, 5.74) is 0. The first-order valence-corrected chi connectivity index (χ1v) is 8.57. The SMILES string of the molecule is CC(=O)NC(=S)N1CCNC(=O)[C@H]1CC(=O)OCCOc1ccccc1. The van der Waals surface area contributed by atoms with Gasteiger partial charge in [-0.25, -0.2) is 0 Å². The molecule has 1 aromatic rings. The standard InChI is InChI=1S/C17H21N3O5S/c1-12(21)19-17(26)20-8-7-18-16(23)14(20)11-15(22)25-10-9-24-13-5-3-2-4-6-13/h2-6,14H,7-11H2,1H3,(H,18,23)(H,19,21,26)/t14-/m1/s1. The Balaban J connectivity index is 1.81. The van der Waals surface area contributed by atoms with Gasteiger partial charge in [0.1, 0.15) is 25.0 Å². The molecule has 0 aromatic heterocycles. The fourth-order valence-corrected chi connectivity index (χ4v) is 2.79. The van der Waals surface area contributed by atoms with Gasteiger partial charge in [0.05, 0.1) is 6.42 Å². The highest BCUT2D eigenvalue weighted by atomic mass is 32.1. The van der Waals surface area contributed by atoms with Gasteiger partial charge in [0, 0.05) is 20.0 Å². The Labute approximate surface area is 156 Å². The molecule has 2 amide bonds. The number of ether oxygens (including phenoxy) is 2. The Morgan fingerprint density at radius 3 is 2.73 bits per heavy atom. The molecule has 0 saturated carbocycles. The molecular formula is C17H21N3O5S. The highest BCUT2D eigenvalue weighted by molar-refractivity contribution is 7.80. The summed E-state index contributed by atoms with van der Waals surface area (Å²) in [5, 5.41) is 5.27. The van der Waals surface area contributed by atoms with Crippen molar-refractivity contribution >= 4 is 35.1 Å². The zero-order valence-electron chi connectivity index (χ0n) is 14.4. The lowest BCUT2D eigenvalue weighted by Crippen LogP contribution is -2.60. The molecule has 1 aromatic carbocycles. The molecule has 1 aliphatic rings. The summed E-state index contributed by atoms with van der Waals surface area (Å²) in [7, 11) is 0. The van der Waals surface area contributed by atoms with Crippen LogP contribution in [-0.2, 0) is 19.1 Å². The average Bonchev–Trinajstić information content (AvgIpc) is 2.60. The predicted octanol–water partition coefficient (Wildman–Crippen LogP) is 0.220. The van der Waals surface area contributed by atoms with E-state index in [1.54, 1.807) is 12.1 Å². The van der Waals surface area contributed by atoms with Crippen LogP contribution >= 0.6 is 12.2 Å². The van der Waals surface area contributed by atoms with E-state index in [9.17, 15) is 14.4 Å². The van der Waals surface area contributed by atoms with Gasteiger partial charge in [-0.15, -0.1) is 0 Å². The van der Waals surface area contributed by atoms with E-state index in [0.717, 1.165) is 0 Å². The Hall–Kier alpha value is -2.68. The summed E-state index contributed by atoms with van der Waals surface area (Å²) in [6, 6.07) is 8.35. The zero-order valence-corrected chi connectivity index (χ0v) is 15.2. The molecule has 1 heterocycles. The van der Waals surface area contributed by atoms with Crippen molar-refractivity contribution in [3.8, 4) is 5.75 Å². The van der Waals surface area contributed by atoms with Gasteiger partial charge in [0.15, 0.2) is 5.11 Å². The number of hydrogen-bond donors (Lipinski definition) is 2. The molecule has 1 atom stereocenters. The largest absolute Gasteiger partial charge is 0.490 e. The summed E-state index contributed by atoms with van der Waals surface area (Å²) >= 11 is 5.14. The third kappa shape index (κ3) is 5.99. The monoisotopic (exact) mass is 379 g/mol. The van der Waals surface area contributed by atoms with Crippen molar-refractivity contribution in [2.24, 2.45) is 0 Å². The predicted molar refractivity (Wildman–Crippen MR) is 97.4 cm³/mol. The van der Waals surface area contributed by atoms with E-state index in [1.165, 1.54) is 11.8 Å². The van der Waals surface area contributed by atoms with Gasteiger partial charge in [-0.1, -0.05) is 18.2 Å². The highest BCUT2D eigenvalue weighted by Gasteiger charge is 2.33. The third-order valence-electron chi connectivity index (χ3n) is 3.59. The molecule has 1 fully saturated rings. The van der Waals surface area contributed by atoms with Gasteiger partial charge in [-0.2, -0.15) is 0 Å². The third-order valence-corrected chi connectivity index (χ3v) is 3.93. The number of carbonyl (C=O) groups is 3. The lowest BCUT2D eigenvalue weighted by Gasteiger charge is -2.36. The van der Waals surface area contributed by atoms with Crippen LogP contribution in [0.3, 0.4) is 0 Å². The van der Waals surface area contributed by atoms with E-state index < -0.39 is 12.0 Å². The fourth-order valence-electron chi connectivity index (χ4n) is 2.43. The number of nitrogens with zero attached hydrogens (tertiary/aromatic N) is 1. The molecule has 0 radical (unpaired) electrons. The number of benzene rings is 1. The molecule has 0 spiro atoms. The number of thiocarbonyl (C=S) groups is 1. The van der Waals surface area contributed by atoms with Crippen molar-refractivity contribution in [3.63, 3.8) is 0 Å². The van der Waals surface area contributed by atoms with Crippen LogP contribution in [0.15, 0.2) is 30.3 Å². The van der Waals surface area contributed by atoms with Crippen molar-refractivity contribution in [3.05, 3.63) is 30.3 Å². The fraction of sp³-hybridized carbons (Fsp3) is 0.412. The van der Waals surface area contributed by atoms with E-state index in [4.69, 9.17) is 21.7 Å². The van der Waals surface area contributed by atoms with Crippen LogP contribution in [0.2, 0.25) is 0 Å². The minimum absolute atomic E-state index is 0.0677. The minimum atomic E-state index is -0.814. The van der Waals surface area contributed by atoms with Crippen LogP contribution in [0.25, 0.3) is 0 Å². The quantitative estimate of drug-likeness (QED) is 0.415. The minimum Gasteiger partial charge on any atom is -0.490 e. The number of hydrogen-bond acceptors (Lipinski definition) is 6. The van der Waals surface area contributed by atoms with E-state index in [1.807, 2.05) is 18.2 Å². The first-order valence-electron chi connectivity index (χ1n) is 8.16. The maximum Gasteiger partial charge on any atom is 0.308 e. The first-order chi connectivity index (χ1) is 12.5. The summed E-state index contributed by atoms with van der Waals surface area (Å²) in [6.45, 7) is 2.39. The average molecular weight is 379 g/mol. The second kappa shape index (κ2) is 9.71. The van der Waals surface area contributed by atoms with Crippen LogP contribution in [0.4, 0.5) is 0 Å². The van der Waals surface area contributed by atoms with Crippen molar-refractivity contribution in [2.75, 3.05) is 26.3 Å². The maximum absolute atomic E-state index is 12.1. The van der Waals surface area contributed by atoms with Crippen LogP contribution in [-0.4, -0.2) is 60.1 Å². The summed E-state index contributed by atoms with van der Waals surface area (Å²) in [5.74, 6) is -0.525. The van der Waals surface area contributed by atoms with Crippen molar-refractivity contribution < 1.29 is 23.9 Å². The molecule has 0 bridgehead atoms. The zero-order chi connectivity index (χ0) is 18.9. The van der Waals surface area contributed by atoms with Gasteiger partial charge in [-0.05, 0) is 24.4 Å².